The molecule has 0 bridgehead atoms. The molecule has 0 spiro atoms. The lowest BCUT2D eigenvalue weighted by Gasteiger charge is -2.35. The molecule has 3 N–H and O–H groups in total. The van der Waals surface area contributed by atoms with Gasteiger partial charge >= 0.3 is 0 Å². The van der Waals surface area contributed by atoms with Gasteiger partial charge in [0.15, 0.2) is 0 Å². The zero-order valence-corrected chi connectivity index (χ0v) is 9.12. The Bertz CT molecular complexity index is 315. The fraction of sp³-hybridized carbons (Fsp3) is 0.500. The van der Waals surface area contributed by atoms with Crippen molar-refractivity contribution in [3.05, 3.63) is 24.3 Å². The van der Waals surface area contributed by atoms with E-state index in [2.05, 4.69) is 12.2 Å². The van der Waals surface area contributed by atoms with Crippen molar-refractivity contribution in [1.82, 2.24) is 0 Å². The summed E-state index contributed by atoms with van der Waals surface area (Å²) < 4.78 is 5.36. The molecule has 3 heteroatoms. The Hall–Kier alpha value is -1.22. The van der Waals surface area contributed by atoms with Crippen molar-refractivity contribution in [2.75, 3.05) is 24.3 Å². The highest BCUT2D eigenvalue weighted by atomic mass is 16.5. The van der Waals surface area contributed by atoms with Crippen LogP contribution in [0, 0.1) is 0 Å². The molecule has 1 heterocycles. The Kier molecular flexibility index (Phi) is 2.82. The molecular weight excluding hydrogens is 188 g/mol. The number of nitrogen functional groups attached to an aromatic ring is 1. The molecule has 2 rings (SSSR count). The SMILES string of the molecule is CC1(Nc2ccc(N)cc2)CCOCC1. The highest BCUT2D eigenvalue weighted by molar-refractivity contribution is 5.52. The van der Waals surface area contributed by atoms with E-state index in [1.807, 2.05) is 24.3 Å². The van der Waals surface area contributed by atoms with Gasteiger partial charge in [0.05, 0.1) is 0 Å². The average Bonchev–Trinajstić information content (AvgIpc) is 2.22. The fourth-order valence-corrected chi connectivity index (χ4v) is 1.86. The second kappa shape index (κ2) is 4.11. The molecule has 0 aromatic heterocycles. The number of ether oxygens (including phenoxy) is 1. The molecule has 1 saturated heterocycles. The summed E-state index contributed by atoms with van der Waals surface area (Å²) in [6, 6.07) is 7.89. The monoisotopic (exact) mass is 206 g/mol. The van der Waals surface area contributed by atoms with Crippen LogP contribution < -0.4 is 11.1 Å². The molecule has 1 aliphatic heterocycles. The number of anilines is 2. The minimum Gasteiger partial charge on any atom is -0.399 e. The largest absolute Gasteiger partial charge is 0.399 e. The lowest BCUT2D eigenvalue weighted by atomic mass is 9.92. The zero-order chi connectivity index (χ0) is 10.7. The second-order valence-electron chi connectivity index (χ2n) is 4.42. The Balaban J connectivity index is 2.03. The Morgan fingerprint density at radius 1 is 1.20 bits per heavy atom. The van der Waals surface area contributed by atoms with Gasteiger partial charge in [-0.15, -0.1) is 0 Å². The van der Waals surface area contributed by atoms with Gasteiger partial charge in [-0.2, -0.15) is 0 Å². The molecule has 1 aromatic carbocycles. The number of benzene rings is 1. The van der Waals surface area contributed by atoms with Crippen molar-refractivity contribution >= 4 is 11.4 Å². The summed E-state index contributed by atoms with van der Waals surface area (Å²) in [6.07, 6.45) is 2.11. The second-order valence-corrected chi connectivity index (χ2v) is 4.42. The van der Waals surface area contributed by atoms with Crippen molar-refractivity contribution in [3.63, 3.8) is 0 Å². The van der Waals surface area contributed by atoms with Crippen molar-refractivity contribution in [2.24, 2.45) is 0 Å². The number of rotatable bonds is 2. The third-order valence-electron chi connectivity index (χ3n) is 2.95. The van der Waals surface area contributed by atoms with Crippen molar-refractivity contribution in [1.29, 1.82) is 0 Å². The molecule has 0 radical (unpaired) electrons. The van der Waals surface area contributed by atoms with Crippen LogP contribution in [0.5, 0.6) is 0 Å². The number of hydrogen-bond donors (Lipinski definition) is 2. The van der Waals surface area contributed by atoms with Crippen molar-refractivity contribution < 1.29 is 4.74 Å². The van der Waals surface area contributed by atoms with Crippen LogP contribution in [-0.4, -0.2) is 18.8 Å². The Morgan fingerprint density at radius 2 is 1.80 bits per heavy atom. The Morgan fingerprint density at radius 3 is 2.40 bits per heavy atom. The lowest BCUT2D eigenvalue weighted by Crippen LogP contribution is -2.40. The van der Waals surface area contributed by atoms with Crippen LogP contribution in [0.4, 0.5) is 11.4 Å². The lowest BCUT2D eigenvalue weighted by molar-refractivity contribution is 0.0658. The molecular formula is C12H18N2O. The smallest absolute Gasteiger partial charge is 0.0488 e. The summed E-state index contributed by atoms with van der Waals surface area (Å²) in [5.41, 5.74) is 7.74. The minimum absolute atomic E-state index is 0.161. The summed E-state index contributed by atoms with van der Waals surface area (Å²) in [7, 11) is 0. The fourth-order valence-electron chi connectivity index (χ4n) is 1.86. The van der Waals surface area contributed by atoms with Crippen LogP contribution >= 0.6 is 0 Å². The van der Waals surface area contributed by atoms with Crippen molar-refractivity contribution in [2.45, 2.75) is 25.3 Å². The number of hydrogen-bond acceptors (Lipinski definition) is 3. The molecule has 0 atom stereocenters. The molecule has 1 aromatic rings. The molecule has 3 nitrogen and oxygen atoms in total. The van der Waals surface area contributed by atoms with Crippen LogP contribution in [0.25, 0.3) is 0 Å². The first kappa shape index (κ1) is 10.3. The van der Waals surface area contributed by atoms with Gasteiger partial charge in [-0.3, -0.25) is 0 Å². The molecule has 82 valence electrons. The summed E-state index contributed by atoms with van der Waals surface area (Å²) in [4.78, 5) is 0. The van der Waals surface area contributed by atoms with Gasteiger partial charge in [-0.25, -0.2) is 0 Å². The van der Waals surface area contributed by atoms with E-state index < -0.39 is 0 Å². The molecule has 0 saturated carbocycles. The van der Waals surface area contributed by atoms with Crippen LogP contribution in [-0.2, 0) is 4.74 Å². The third kappa shape index (κ3) is 2.63. The molecule has 1 fully saturated rings. The first-order valence-electron chi connectivity index (χ1n) is 5.39. The molecule has 0 aliphatic carbocycles. The van der Waals surface area contributed by atoms with Gasteiger partial charge in [-0.05, 0) is 44.0 Å². The highest BCUT2D eigenvalue weighted by Gasteiger charge is 2.26. The van der Waals surface area contributed by atoms with Crippen LogP contribution in [0.3, 0.4) is 0 Å². The highest BCUT2D eigenvalue weighted by Crippen LogP contribution is 2.25. The maximum absolute atomic E-state index is 5.65. The van der Waals surface area contributed by atoms with Crippen LogP contribution in [0.15, 0.2) is 24.3 Å². The first-order valence-corrected chi connectivity index (χ1v) is 5.39. The summed E-state index contributed by atoms with van der Waals surface area (Å²) >= 11 is 0. The normalized spacial score (nSPS) is 19.8. The van der Waals surface area contributed by atoms with Gasteiger partial charge in [0.1, 0.15) is 0 Å². The quantitative estimate of drug-likeness (QED) is 0.730. The van der Waals surface area contributed by atoms with E-state index in [1.165, 1.54) is 0 Å². The van der Waals surface area contributed by atoms with Crippen molar-refractivity contribution in [3.8, 4) is 0 Å². The number of nitrogens with two attached hydrogens (primary N) is 1. The van der Waals surface area contributed by atoms with Gasteiger partial charge in [0.25, 0.3) is 0 Å². The van der Waals surface area contributed by atoms with Crippen LogP contribution in [0.1, 0.15) is 19.8 Å². The minimum atomic E-state index is 0.161. The van der Waals surface area contributed by atoms with E-state index in [9.17, 15) is 0 Å². The number of nitrogens with one attached hydrogen (secondary N) is 1. The van der Waals surface area contributed by atoms with E-state index in [0.29, 0.717) is 0 Å². The standard InChI is InChI=1S/C12H18N2O/c1-12(6-8-15-9-7-12)14-11-4-2-10(13)3-5-11/h2-5,14H,6-9,13H2,1H3. The Labute approximate surface area is 90.6 Å². The molecule has 0 amide bonds. The third-order valence-corrected chi connectivity index (χ3v) is 2.95. The predicted molar refractivity (Wildman–Crippen MR) is 62.9 cm³/mol. The average molecular weight is 206 g/mol. The van der Waals surface area contributed by atoms with E-state index >= 15 is 0 Å². The van der Waals surface area contributed by atoms with E-state index in [-0.39, 0.29) is 5.54 Å². The summed E-state index contributed by atoms with van der Waals surface area (Å²) in [6.45, 7) is 3.93. The molecule has 1 aliphatic rings. The van der Waals surface area contributed by atoms with E-state index in [4.69, 9.17) is 10.5 Å². The van der Waals surface area contributed by atoms with Crippen LogP contribution in [0.2, 0.25) is 0 Å². The molecule has 15 heavy (non-hydrogen) atoms. The van der Waals surface area contributed by atoms with E-state index in [0.717, 1.165) is 37.4 Å². The van der Waals surface area contributed by atoms with Gasteiger partial charge < -0.3 is 15.8 Å². The maximum atomic E-state index is 5.65. The topological polar surface area (TPSA) is 47.3 Å². The predicted octanol–water partition coefficient (Wildman–Crippen LogP) is 2.25. The van der Waals surface area contributed by atoms with Gasteiger partial charge in [0, 0.05) is 30.1 Å². The maximum Gasteiger partial charge on any atom is 0.0488 e. The summed E-state index contributed by atoms with van der Waals surface area (Å²) in [5, 5.41) is 3.55. The van der Waals surface area contributed by atoms with Gasteiger partial charge in [-0.1, -0.05) is 0 Å². The van der Waals surface area contributed by atoms with E-state index in [1.54, 1.807) is 0 Å². The summed E-state index contributed by atoms with van der Waals surface area (Å²) in [5.74, 6) is 0. The molecule has 0 unspecified atom stereocenters. The first-order chi connectivity index (χ1) is 7.18. The van der Waals surface area contributed by atoms with Gasteiger partial charge in [0.2, 0.25) is 0 Å². The zero-order valence-electron chi connectivity index (χ0n) is 9.12.